The molecule has 11 heteroatoms. The van der Waals surface area contributed by atoms with Gasteiger partial charge in [-0.3, -0.25) is 4.79 Å². The van der Waals surface area contributed by atoms with Crippen LogP contribution in [0.1, 0.15) is 19.4 Å². The van der Waals surface area contributed by atoms with Gasteiger partial charge >= 0.3 is 24.0 Å². The van der Waals surface area contributed by atoms with Crippen molar-refractivity contribution < 1.29 is 40.7 Å². The van der Waals surface area contributed by atoms with E-state index in [0.717, 1.165) is 6.92 Å². The van der Waals surface area contributed by atoms with Gasteiger partial charge in [-0.25, -0.2) is 4.79 Å². The average molecular weight is 372 g/mol. The Balaban J connectivity index is 3.32. The van der Waals surface area contributed by atoms with E-state index in [9.17, 15) is 35.9 Å². The van der Waals surface area contributed by atoms with Crippen LogP contribution in [0.3, 0.4) is 0 Å². The molecular weight excluding hydrogens is 358 g/mol. The smallest absolute Gasteiger partial charge is 0.441 e. The second-order valence-corrected chi connectivity index (χ2v) is 4.85. The summed E-state index contributed by atoms with van der Waals surface area (Å²) < 4.78 is 82.4. The van der Waals surface area contributed by atoms with E-state index in [4.69, 9.17) is 0 Å². The first-order chi connectivity index (χ1) is 11.3. The van der Waals surface area contributed by atoms with Crippen molar-refractivity contribution in [1.82, 2.24) is 5.32 Å². The van der Waals surface area contributed by atoms with Crippen LogP contribution in [-0.4, -0.2) is 30.3 Å². The largest absolute Gasteiger partial charge is 0.463 e. The maximum atomic E-state index is 13.5. The maximum Gasteiger partial charge on any atom is 0.441 e. The molecule has 0 aliphatic rings. The molecule has 0 aliphatic carbocycles. The summed E-state index contributed by atoms with van der Waals surface area (Å²) in [6.07, 6.45) is -10.0. The van der Waals surface area contributed by atoms with E-state index >= 15 is 0 Å². The van der Waals surface area contributed by atoms with Gasteiger partial charge < -0.3 is 15.4 Å². The molecule has 140 valence electrons. The fourth-order valence-corrected chi connectivity index (χ4v) is 1.85. The molecule has 0 fully saturated rings. The fraction of sp³-hybridized carbons (Fsp3) is 0.429. The Bertz CT molecular complexity index is 627. The summed E-state index contributed by atoms with van der Waals surface area (Å²) in [7, 11) is 0. The van der Waals surface area contributed by atoms with E-state index < -0.39 is 47.7 Å². The van der Waals surface area contributed by atoms with Gasteiger partial charge in [0.1, 0.15) is 0 Å². The number of ether oxygens (including phenoxy) is 1. The standard InChI is InChI=1S/C14H14F6N2O3/c1-3-25-11(24)12(14(18,19)20,21-8(2)23)22-10-6-4-9(5-7-10)13(15,16)17/h4-7,22H,3H2,1-2H3,(H,21,23)/t12-/m0/s1. The molecule has 0 heterocycles. The van der Waals surface area contributed by atoms with Crippen LogP contribution in [0.2, 0.25) is 0 Å². The first kappa shape index (κ1) is 20.6. The second kappa shape index (κ2) is 7.19. The molecule has 2 N–H and O–H groups in total. The molecule has 0 aromatic heterocycles. The second-order valence-electron chi connectivity index (χ2n) is 4.85. The number of esters is 1. The van der Waals surface area contributed by atoms with E-state index in [0.29, 0.717) is 24.3 Å². The Morgan fingerprint density at radius 1 is 1.04 bits per heavy atom. The van der Waals surface area contributed by atoms with Crippen molar-refractivity contribution in [2.24, 2.45) is 0 Å². The maximum absolute atomic E-state index is 13.5. The molecule has 1 aromatic rings. The Kier molecular flexibility index (Phi) is 5.92. The molecule has 1 aromatic carbocycles. The van der Waals surface area contributed by atoms with Crippen LogP contribution in [0.5, 0.6) is 0 Å². The lowest BCUT2D eigenvalue weighted by Crippen LogP contribution is -2.69. The monoisotopic (exact) mass is 372 g/mol. The van der Waals surface area contributed by atoms with Crippen molar-refractivity contribution in [1.29, 1.82) is 0 Å². The number of anilines is 1. The third kappa shape index (κ3) is 4.77. The highest BCUT2D eigenvalue weighted by molar-refractivity contribution is 5.90. The van der Waals surface area contributed by atoms with Crippen molar-refractivity contribution in [3.05, 3.63) is 29.8 Å². The number of halogens is 6. The zero-order valence-electron chi connectivity index (χ0n) is 13.0. The van der Waals surface area contributed by atoms with Gasteiger partial charge in [-0.2, -0.15) is 26.3 Å². The molecule has 0 aliphatic heterocycles. The molecular formula is C14H14F6N2O3. The van der Waals surface area contributed by atoms with Gasteiger partial charge in [0, 0.05) is 12.6 Å². The van der Waals surface area contributed by atoms with Gasteiger partial charge in [-0.1, -0.05) is 0 Å². The lowest BCUT2D eigenvalue weighted by molar-refractivity contribution is -0.207. The van der Waals surface area contributed by atoms with Crippen molar-refractivity contribution in [3.8, 4) is 0 Å². The number of hydrogen-bond acceptors (Lipinski definition) is 4. The lowest BCUT2D eigenvalue weighted by atomic mass is 10.1. The van der Waals surface area contributed by atoms with Crippen LogP contribution in [0.15, 0.2) is 24.3 Å². The molecule has 1 rings (SSSR count). The van der Waals surface area contributed by atoms with Gasteiger partial charge in [-0.05, 0) is 31.2 Å². The third-order valence-corrected chi connectivity index (χ3v) is 2.91. The molecule has 25 heavy (non-hydrogen) atoms. The summed E-state index contributed by atoms with van der Waals surface area (Å²) in [6, 6.07) is 2.46. The third-order valence-electron chi connectivity index (χ3n) is 2.91. The quantitative estimate of drug-likeness (QED) is 0.474. The predicted molar refractivity (Wildman–Crippen MR) is 74.3 cm³/mol. The molecule has 5 nitrogen and oxygen atoms in total. The topological polar surface area (TPSA) is 67.4 Å². The molecule has 1 amide bonds. The lowest BCUT2D eigenvalue weighted by Gasteiger charge is -2.35. The normalized spacial score (nSPS) is 14.4. The Hall–Kier alpha value is -2.46. The van der Waals surface area contributed by atoms with Gasteiger partial charge in [0.25, 0.3) is 0 Å². The van der Waals surface area contributed by atoms with Crippen molar-refractivity contribution in [2.75, 3.05) is 11.9 Å². The van der Waals surface area contributed by atoms with Crippen molar-refractivity contribution in [2.45, 2.75) is 31.9 Å². The number of amides is 1. The van der Waals surface area contributed by atoms with Crippen LogP contribution < -0.4 is 10.6 Å². The Morgan fingerprint density at radius 2 is 1.56 bits per heavy atom. The summed E-state index contributed by atoms with van der Waals surface area (Å²) in [5.74, 6) is -3.05. The SMILES string of the molecule is CCOC(=O)[C@](NC(C)=O)(Nc1ccc(C(F)(F)F)cc1)C(F)(F)F. The number of alkyl halides is 6. The molecule has 0 saturated carbocycles. The van der Waals surface area contributed by atoms with Crippen molar-refractivity contribution >= 4 is 17.6 Å². The molecule has 0 radical (unpaired) electrons. The highest BCUT2D eigenvalue weighted by Gasteiger charge is 2.63. The molecule has 0 saturated heterocycles. The zero-order valence-corrected chi connectivity index (χ0v) is 13.0. The van der Waals surface area contributed by atoms with Crippen molar-refractivity contribution in [3.63, 3.8) is 0 Å². The first-order valence-electron chi connectivity index (χ1n) is 6.81. The van der Waals surface area contributed by atoms with Gasteiger partial charge in [0.2, 0.25) is 5.91 Å². The molecule has 0 unspecified atom stereocenters. The molecule has 0 spiro atoms. The summed E-state index contributed by atoms with van der Waals surface area (Å²) in [5, 5.41) is 3.17. The minimum Gasteiger partial charge on any atom is -0.463 e. The molecule has 1 atom stereocenters. The minimum absolute atomic E-state index is 0.412. The number of nitrogens with one attached hydrogen (secondary N) is 2. The summed E-state index contributed by atoms with van der Waals surface area (Å²) in [6.45, 7) is 1.59. The average Bonchev–Trinajstić information content (AvgIpc) is 2.44. The minimum atomic E-state index is -5.34. The predicted octanol–water partition coefficient (Wildman–Crippen LogP) is 3.08. The van der Waals surface area contributed by atoms with E-state index in [1.54, 1.807) is 5.32 Å². The number of benzene rings is 1. The number of carbonyl (C=O) groups is 2. The van der Waals surface area contributed by atoms with E-state index in [-0.39, 0.29) is 0 Å². The summed E-state index contributed by atoms with van der Waals surface area (Å²) >= 11 is 0. The highest BCUT2D eigenvalue weighted by atomic mass is 19.4. The Morgan fingerprint density at radius 3 is 1.92 bits per heavy atom. The van der Waals surface area contributed by atoms with Crippen LogP contribution in [0.25, 0.3) is 0 Å². The van der Waals surface area contributed by atoms with Crippen LogP contribution in [0.4, 0.5) is 32.0 Å². The molecule has 0 bridgehead atoms. The van der Waals surface area contributed by atoms with E-state index in [1.165, 1.54) is 12.2 Å². The number of hydrogen-bond donors (Lipinski definition) is 2. The first-order valence-corrected chi connectivity index (χ1v) is 6.81. The number of rotatable bonds is 5. The highest BCUT2D eigenvalue weighted by Crippen LogP contribution is 2.34. The Labute approximate surface area is 138 Å². The number of carbonyl (C=O) groups excluding carboxylic acids is 2. The van der Waals surface area contributed by atoms with Crippen LogP contribution in [0, 0.1) is 0 Å². The van der Waals surface area contributed by atoms with Gasteiger partial charge in [0.05, 0.1) is 12.2 Å². The van der Waals surface area contributed by atoms with Crippen LogP contribution >= 0.6 is 0 Å². The van der Waals surface area contributed by atoms with Gasteiger partial charge in [-0.15, -0.1) is 0 Å². The summed E-state index contributed by atoms with van der Waals surface area (Å²) in [4.78, 5) is 23.1. The fourth-order valence-electron chi connectivity index (χ4n) is 1.85. The van der Waals surface area contributed by atoms with Gasteiger partial charge in [0.15, 0.2) is 0 Å². The van der Waals surface area contributed by atoms with Crippen LogP contribution in [-0.2, 0) is 20.5 Å². The summed E-state index contributed by atoms with van der Waals surface area (Å²) in [5.41, 5.74) is -5.22. The van der Waals surface area contributed by atoms with E-state index in [1.807, 2.05) is 0 Å². The zero-order chi connectivity index (χ0) is 19.5. The van der Waals surface area contributed by atoms with E-state index in [2.05, 4.69) is 4.74 Å².